The molecular weight excluding hydrogens is 405 g/mol. The summed E-state index contributed by atoms with van der Waals surface area (Å²) in [6, 6.07) is 14.3. The van der Waals surface area contributed by atoms with Crippen LogP contribution in [0, 0.1) is 12.7 Å². The average molecular weight is 423 g/mol. The zero-order valence-electron chi connectivity index (χ0n) is 17.4. The minimum atomic E-state index is -0.286. The predicted octanol–water partition coefficient (Wildman–Crippen LogP) is 5.02. The molecule has 0 atom stereocenters. The maximum atomic E-state index is 13.4. The van der Waals surface area contributed by atoms with E-state index in [0.717, 1.165) is 44.8 Å². The lowest BCUT2D eigenvalue weighted by Crippen LogP contribution is -1.94. The standard InChI is InChI=1S/C24H18FN7/c1-13-27-12-20(32(13)2)15-5-8-18-17(11-15)22(31-30-18)24-28-19-9-10-26-21(23(19)29-24)14-3-6-16(25)7-4-14/h3-12H,1-2H3,(H,28,29)(H,30,31). The topological polar surface area (TPSA) is 88.1 Å². The smallest absolute Gasteiger partial charge is 0.159 e. The van der Waals surface area contributed by atoms with Crippen molar-refractivity contribution in [3.05, 3.63) is 72.6 Å². The van der Waals surface area contributed by atoms with Gasteiger partial charge in [0, 0.05) is 29.8 Å². The van der Waals surface area contributed by atoms with Crippen LogP contribution in [0.5, 0.6) is 0 Å². The molecule has 7 nitrogen and oxygen atoms in total. The fraction of sp³-hybridized carbons (Fsp3) is 0.0833. The molecule has 0 unspecified atom stereocenters. The van der Waals surface area contributed by atoms with Crippen molar-refractivity contribution in [1.82, 2.24) is 34.7 Å². The van der Waals surface area contributed by atoms with Crippen molar-refractivity contribution >= 4 is 21.9 Å². The molecule has 0 aliphatic carbocycles. The van der Waals surface area contributed by atoms with Crippen LogP contribution in [0.3, 0.4) is 0 Å². The number of pyridine rings is 1. The number of imidazole rings is 2. The number of nitrogens with one attached hydrogen (secondary N) is 2. The van der Waals surface area contributed by atoms with Gasteiger partial charge in [-0.05, 0) is 49.4 Å². The zero-order valence-corrected chi connectivity index (χ0v) is 17.4. The molecule has 0 amide bonds. The monoisotopic (exact) mass is 423 g/mol. The lowest BCUT2D eigenvalue weighted by molar-refractivity contribution is 0.628. The van der Waals surface area contributed by atoms with E-state index in [0.29, 0.717) is 17.0 Å². The van der Waals surface area contributed by atoms with Crippen LogP contribution >= 0.6 is 0 Å². The Morgan fingerprint density at radius 3 is 2.50 bits per heavy atom. The van der Waals surface area contributed by atoms with Crippen molar-refractivity contribution in [2.75, 3.05) is 0 Å². The zero-order chi connectivity index (χ0) is 21.8. The van der Waals surface area contributed by atoms with Gasteiger partial charge in [0.15, 0.2) is 5.82 Å². The molecule has 2 aromatic carbocycles. The molecular formula is C24H18FN7. The summed E-state index contributed by atoms with van der Waals surface area (Å²) >= 11 is 0. The molecule has 0 aliphatic rings. The number of nitrogens with zero attached hydrogens (tertiary/aromatic N) is 5. The van der Waals surface area contributed by atoms with E-state index in [1.165, 1.54) is 12.1 Å². The van der Waals surface area contributed by atoms with Gasteiger partial charge in [-0.3, -0.25) is 10.1 Å². The highest BCUT2D eigenvalue weighted by Crippen LogP contribution is 2.32. The first-order valence-corrected chi connectivity index (χ1v) is 10.2. The minimum absolute atomic E-state index is 0.286. The van der Waals surface area contributed by atoms with Crippen molar-refractivity contribution in [2.45, 2.75) is 6.92 Å². The van der Waals surface area contributed by atoms with Crippen molar-refractivity contribution < 1.29 is 4.39 Å². The van der Waals surface area contributed by atoms with Gasteiger partial charge in [0.1, 0.15) is 22.9 Å². The summed E-state index contributed by atoms with van der Waals surface area (Å²) in [5.41, 5.74) is 6.76. The Kier molecular flexibility index (Phi) is 3.94. The quantitative estimate of drug-likeness (QED) is 0.419. The molecule has 0 saturated carbocycles. The van der Waals surface area contributed by atoms with Gasteiger partial charge in [0.05, 0.1) is 28.6 Å². The number of aryl methyl sites for hydroxylation is 1. The van der Waals surface area contributed by atoms with E-state index in [2.05, 4.69) is 41.8 Å². The highest BCUT2D eigenvalue weighted by molar-refractivity contribution is 5.97. The third-order valence-electron chi connectivity index (χ3n) is 5.82. The van der Waals surface area contributed by atoms with E-state index in [-0.39, 0.29) is 5.82 Å². The number of H-pyrrole nitrogens is 2. The van der Waals surface area contributed by atoms with E-state index in [1.54, 1.807) is 18.3 Å². The molecule has 0 aliphatic heterocycles. The Bertz CT molecular complexity index is 1610. The van der Waals surface area contributed by atoms with E-state index in [1.807, 2.05) is 32.3 Å². The van der Waals surface area contributed by atoms with Gasteiger partial charge in [-0.2, -0.15) is 5.10 Å². The first kappa shape index (κ1) is 18.4. The van der Waals surface area contributed by atoms with Gasteiger partial charge in [-0.25, -0.2) is 14.4 Å². The molecule has 6 aromatic rings. The number of aromatic nitrogens is 7. The minimum Gasteiger partial charge on any atom is -0.336 e. The summed E-state index contributed by atoms with van der Waals surface area (Å²) in [5, 5.41) is 8.57. The first-order chi connectivity index (χ1) is 15.6. The summed E-state index contributed by atoms with van der Waals surface area (Å²) in [6.07, 6.45) is 3.59. The maximum absolute atomic E-state index is 13.4. The number of hydrogen-bond donors (Lipinski definition) is 2. The molecule has 6 rings (SSSR count). The van der Waals surface area contributed by atoms with Crippen LogP contribution in [-0.4, -0.2) is 34.7 Å². The molecule has 4 heterocycles. The molecule has 0 bridgehead atoms. The van der Waals surface area contributed by atoms with Gasteiger partial charge in [0.2, 0.25) is 0 Å². The number of aromatic amines is 2. The molecule has 0 fully saturated rings. The number of rotatable bonds is 3. The van der Waals surface area contributed by atoms with Crippen LogP contribution in [0.1, 0.15) is 5.82 Å². The summed E-state index contributed by atoms with van der Waals surface area (Å²) in [7, 11) is 2.00. The van der Waals surface area contributed by atoms with Gasteiger partial charge in [0.25, 0.3) is 0 Å². The Morgan fingerprint density at radius 1 is 0.906 bits per heavy atom. The Morgan fingerprint density at radius 2 is 1.72 bits per heavy atom. The van der Waals surface area contributed by atoms with Crippen molar-refractivity contribution in [3.63, 3.8) is 0 Å². The molecule has 0 spiro atoms. The summed E-state index contributed by atoms with van der Waals surface area (Å²) in [4.78, 5) is 17.1. The van der Waals surface area contributed by atoms with Crippen LogP contribution in [0.4, 0.5) is 4.39 Å². The lowest BCUT2D eigenvalue weighted by atomic mass is 10.1. The number of fused-ring (bicyclic) bond motifs is 2. The second-order valence-corrected chi connectivity index (χ2v) is 7.73. The molecule has 32 heavy (non-hydrogen) atoms. The van der Waals surface area contributed by atoms with Crippen LogP contribution < -0.4 is 0 Å². The largest absolute Gasteiger partial charge is 0.336 e. The molecule has 2 N–H and O–H groups in total. The van der Waals surface area contributed by atoms with E-state index < -0.39 is 0 Å². The van der Waals surface area contributed by atoms with Gasteiger partial charge < -0.3 is 9.55 Å². The molecule has 0 saturated heterocycles. The normalized spacial score (nSPS) is 11.6. The van der Waals surface area contributed by atoms with E-state index in [4.69, 9.17) is 4.98 Å². The Balaban J connectivity index is 1.51. The van der Waals surface area contributed by atoms with Crippen LogP contribution in [0.25, 0.3) is 56.0 Å². The average Bonchev–Trinajstić information content (AvgIpc) is 3.50. The highest BCUT2D eigenvalue weighted by atomic mass is 19.1. The van der Waals surface area contributed by atoms with Crippen LogP contribution in [0.2, 0.25) is 0 Å². The lowest BCUT2D eigenvalue weighted by Gasteiger charge is -2.04. The molecule has 4 aromatic heterocycles. The molecule has 156 valence electrons. The number of halogens is 1. The highest BCUT2D eigenvalue weighted by Gasteiger charge is 2.17. The number of hydrogen-bond acceptors (Lipinski definition) is 4. The van der Waals surface area contributed by atoms with Gasteiger partial charge in [-0.1, -0.05) is 6.07 Å². The number of benzene rings is 2. The summed E-state index contributed by atoms with van der Waals surface area (Å²) < 4.78 is 15.4. The van der Waals surface area contributed by atoms with Gasteiger partial charge in [-0.15, -0.1) is 0 Å². The second kappa shape index (κ2) is 6.84. The fourth-order valence-electron chi connectivity index (χ4n) is 3.99. The second-order valence-electron chi connectivity index (χ2n) is 7.73. The van der Waals surface area contributed by atoms with E-state index >= 15 is 0 Å². The Labute approximate surface area is 182 Å². The van der Waals surface area contributed by atoms with Crippen LogP contribution in [0.15, 0.2) is 60.9 Å². The molecule has 8 heteroatoms. The van der Waals surface area contributed by atoms with Crippen molar-refractivity contribution in [2.24, 2.45) is 7.05 Å². The Hall–Kier alpha value is -4.33. The fourth-order valence-corrected chi connectivity index (χ4v) is 3.99. The summed E-state index contributed by atoms with van der Waals surface area (Å²) in [5.74, 6) is 1.30. The van der Waals surface area contributed by atoms with Gasteiger partial charge >= 0.3 is 0 Å². The molecule has 0 radical (unpaired) electrons. The van der Waals surface area contributed by atoms with Crippen LogP contribution in [-0.2, 0) is 7.05 Å². The SMILES string of the molecule is Cc1ncc(-c2ccc3[nH]nc(-c4nc5c(-c6ccc(F)cc6)nccc5[nH]4)c3c2)n1C. The first-order valence-electron chi connectivity index (χ1n) is 10.2. The van der Waals surface area contributed by atoms with Crippen molar-refractivity contribution in [3.8, 4) is 34.0 Å². The van der Waals surface area contributed by atoms with Crippen molar-refractivity contribution in [1.29, 1.82) is 0 Å². The summed E-state index contributed by atoms with van der Waals surface area (Å²) in [6.45, 7) is 1.98. The third-order valence-corrected chi connectivity index (χ3v) is 5.82. The predicted molar refractivity (Wildman–Crippen MR) is 121 cm³/mol. The third kappa shape index (κ3) is 2.80. The van der Waals surface area contributed by atoms with E-state index in [9.17, 15) is 4.39 Å². The maximum Gasteiger partial charge on any atom is 0.159 e.